The largest absolute Gasteiger partial charge is 0.384 e. The van der Waals surface area contributed by atoms with Crippen LogP contribution in [0.15, 0.2) is 12.3 Å². The molecule has 1 rings (SSSR count). The molecule has 0 radical (unpaired) electrons. The molecule has 0 aromatic carbocycles. The zero-order valence-electron chi connectivity index (χ0n) is 6.81. The van der Waals surface area contributed by atoms with Crippen molar-refractivity contribution in [1.82, 2.24) is 4.98 Å². The highest BCUT2D eigenvalue weighted by atomic mass is 127. The fourth-order valence-corrected chi connectivity index (χ4v) is 1.18. The highest BCUT2D eigenvalue weighted by Gasteiger charge is 2.18. The summed E-state index contributed by atoms with van der Waals surface area (Å²) >= 11 is 1.86. The van der Waals surface area contributed by atoms with Gasteiger partial charge in [0.05, 0.1) is 15.5 Å². The first kappa shape index (κ1) is 9.85. The van der Waals surface area contributed by atoms with Gasteiger partial charge >= 0.3 is 0 Å². The molecule has 2 nitrogen and oxygen atoms in total. The summed E-state index contributed by atoms with van der Waals surface area (Å²) < 4.78 is 13.2. The highest BCUT2D eigenvalue weighted by molar-refractivity contribution is 14.1. The molecule has 0 fully saturated rings. The van der Waals surface area contributed by atoms with Gasteiger partial charge in [-0.05, 0) is 42.5 Å². The van der Waals surface area contributed by atoms with Crippen LogP contribution in [0.5, 0.6) is 0 Å². The van der Waals surface area contributed by atoms with E-state index >= 15 is 0 Å². The summed E-state index contributed by atoms with van der Waals surface area (Å²) in [6.07, 6.45) is 1.12. The van der Waals surface area contributed by atoms with Crippen molar-refractivity contribution < 1.29 is 9.50 Å². The molecule has 66 valence electrons. The Kier molecular flexibility index (Phi) is 2.67. The number of nitrogens with zero attached hydrogens (tertiary/aromatic N) is 1. The number of aliphatic hydroxyl groups is 1. The van der Waals surface area contributed by atoms with Gasteiger partial charge in [-0.1, -0.05) is 0 Å². The summed E-state index contributed by atoms with van der Waals surface area (Å²) in [6.45, 7) is 3.23. The zero-order valence-corrected chi connectivity index (χ0v) is 8.96. The van der Waals surface area contributed by atoms with Crippen LogP contribution < -0.4 is 0 Å². The normalized spacial score (nSPS) is 11.8. The number of halogens is 2. The van der Waals surface area contributed by atoms with Gasteiger partial charge in [-0.2, -0.15) is 0 Å². The van der Waals surface area contributed by atoms with Gasteiger partial charge in [0.25, 0.3) is 0 Å². The second-order valence-electron chi connectivity index (χ2n) is 3.04. The monoisotopic (exact) mass is 281 g/mol. The van der Waals surface area contributed by atoms with Crippen LogP contribution in [0.4, 0.5) is 4.39 Å². The summed E-state index contributed by atoms with van der Waals surface area (Å²) in [5, 5.41) is 9.52. The van der Waals surface area contributed by atoms with Crippen molar-refractivity contribution in [3.63, 3.8) is 0 Å². The number of pyridine rings is 1. The lowest BCUT2D eigenvalue weighted by Gasteiger charge is -2.16. The van der Waals surface area contributed by atoms with E-state index in [1.165, 1.54) is 6.07 Å². The Labute approximate surface area is 84.0 Å². The van der Waals surface area contributed by atoms with Crippen molar-refractivity contribution in [2.75, 3.05) is 0 Å². The SMILES string of the molecule is CC(C)(O)c1cc(I)c(F)cn1. The number of rotatable bonds is 1. The Hall–Kier alpha value is -0.230. The van der Waals surface area contributed by atoms with Crippen molar-refractivity contribution >= 4 is 22.6 Å². The molecule has 0 aliphatic rings. The van der Waals surface area contributed by atoms with Crippen molar-refractivity contribution in [2.45, 2.75) is 19.4 Å². The Morgan fingerprint density at radius 2 is 2.17 bits per heavy atom. The molecule has 0 bridgehead atoms. The molecule has 1 aromatic rings. The Morgan fingerprint density at radius 1 is 1.58 bits per heavy atom. The standard InChI is InChI=1S/C8H9FINO/c1-8(2,12)7-3-6(10)5(9)4-11-7/h3-4,12H,1-2H3. The molecular weight excluding hydrogens is 272 g/mol. The third-order valence-electron chi connectivity index (χ3n) is 1.44. The van der Waals surface area contributed by atoms with Crippen molar-refractivity contribution in [3.05, 3.63) is 27.3 Å². The molecule has 1 aromatic heterocycles. The van der Waals surface area contributed by atoms with E-state index in [-0.39, 0.29) is 5.82 Å². The van der Waals surface area contributed by atoms with E-state index in [4.69, 9.17) is 0 Å². The first-order valence-electron chi connectivity index (χ1n) is 3.45. The van der Waals surface area contributed by atoms with Gasteiger partial charge in [-0.15, -0.1) is 0 Å². The van der Waals surface area contributed by atoms with E-state index in [1.54, 1.807) is 13.8 Å². The van der Waals surface area contributed by atoms with Crippen LogP contribution in [0.2, 0.25) is 0 Å². The van der Waals surface area contributed by atoms with Crippen LogP contribution in [-0.4, -0.2) is 10.1 Å². The van der Waals surface area contributed by atoms with Gasteiger partial charge < -0.3 is 5.11 Å². The predicted molar refractivity (Wildman–Crippen MR) is 52.2 cm³/mol. The van der Waals surface area contributed by atoms with Gasteiger partial charge in [-0.3, -0.25) is 4.98 Å². The molecule has 12 heavy (non-hydrogen) atoms. The Balaban J connectivity index is 3.14. The van der Waals surface area contributed by atoms with Crippen molar-refractivity contribution in [3.8, 4) is 0 Å². The van der Waals surface area contributed by atoms with Crippen LogP contribution in [0.1, 0.15) is 19.5 Å². The molecule has 0 amide bonds. The van der Waals surface area contributed by atoms with Crippen LogP contribution in [0.25, 0.3) is 0 Å². The molecule has 0 atom stereocenters. The van der Waals surface area contributed by atoms with Gasteiger partial charge in [0.1, 0.15) is 5.60 Å². The third-order valence-corrected chi connectivity index (χ3v) is 2.26. The fourth-order valence-electron chi connectivity index (χ4n) is 0.749. The maximum absolute atomic E-state index is 12.7. The first-order chi connectivity index (χ1) is 5.41. The maximum atomic E-state index is 12.7. The molecule has 0 aliphatic heterocycles. The lowest BCUT2D eigenvalue weighted by Crippen LogP contribution is -2.17. The van der Waals surface area contributed by atoms with Gasteiger partial charge in [0, 0.05) is 0 Å². The maximum Gasteiger partial charge on any atom is 0.154 e. The summed E-state index contributed by atoms with van der Waals surface area (Å²) in [5.41, 5.74) is -0.526. The summed E-state index contributed by atoms with van der Waals surface area (Å²) in [5.74, 6) is -0.358. The van der Waals surface area contributed by atoms with E-state index in [0.717, 1.165) is 6.20 Å². The van der Waals surface area contributed by atoms with Crippen LogP contribution in [0.3, 0.4) is 0 Å². The minimum absolute atomic E-state index is 0.358. The molecule has 0 saturated carbocycles. The quantitative estimate of drug-likeness (QED) is 0.799. The first-order valence-corrected chi connectivity index (χ1v) is 4.53. The van der Waals surface area contributed by atoms with E-state index in [1.807, 2.05) is 22.6 Å². The van der Waals surface area contributed by atoms with Gasteiger partial charge in [0.15, 0.2) is 5.82 Å². The lowest BCUT2D eigenvalue weighted by molar-refractivity contribution is 0.0736. The molecule has 1 N–H and O–H groups in total. The smallest absolute Gasteiger partial charge is 0.154 e. The predicted octanol–water partition coefficient (Wildman–Crippen LogP) is 2.05. The van der Waals surface area contributed by atoms with E-state index < -0.39 is 5.60 Å². The molecule has 1 heterocycles. The molecule has 4 heteroatoms. The van der Waals surface area contributed by atoms with Gasteiger partial charge in [0.2, 0.25) is 0 Å². The van der Waals surface area contributed by atoms with Crippen LogP contribution >= 0.6 is 22.6 Å². The topological polar surface area (TPSA) is 33.1 Å². The zero-order chi connectivity index (χ0) is 9.35. The molecular formula is C8H9FINO. The minimum atomic E-state index is -1.01. The number of aromatic nitrogens is 1. The average molecular weight is 281 g/mol. The van der Waals surface area contributed by atoms with E-state index in [0.29, 0.717) is 9.26 Å². The molecule has 0 aliphatic carbocycles. The minimum Gasteiger partial charge on any atom is -0.384 e. The third kappa shape index (κ3) is 2.13. The summed E-state index contributed by atoms with van der Waals surface area (Å²) in [7, 11) is 0. The lowest BCUT2D eigenvalue weighted by atomic mass is 10.1. The van der Waals surface area contributed by atoms with Crippen molar-refractivity contribution in [1.29, 1.82) is 0 Å². The van der Waals surface area contributed by atoms with Crippen LogP contribution in [-0.2, 0) is 5.60 Å². The Morgan fingerprint density at radius 3 is 2.58 bits per heavy atom. The molecule has 0 saturated heterocycles. The number of hydrogen-bond donors (Lipinski definition) is 1. The second kappa shape index (κ2) is 3.26. The number of hydrogen-bond acceptors (Lipinski definition) is 2. The van der Waals surface area contributed by atoms with E-state index in [2.05, 4.69) is 4.98 Å². The van der Waals surface area contributed by atoms with Gasteiger partial charge in [-0.25, -0.2) is 4.39 Å². The second-order valence-corrected chi connectivity index (χ2v) is 4.20. The average Bonchev–Trinajstić information content (AvgIpc) is 1.92. The fraction of sp³-hybridized carbons (Fsp3) is 0.375. The van der Waals surface area contributed by atoms with Crippen LogP contribution in [0, 0.1) is 9.39 Å². The molecule has 0 spiro atoms. The van der Waals surface area contributed by atoms with Crippen molar-refractivity contribution in [2.24, 2.45) is 0 Å². The highest BCUT2D eigenvalue weighted by Crippen LogP contribution is 2.20. The summed E-state index contributed by atoms with van der Waals surface area (Å²) in [6, 6.07) is 1.54. The Bertz CT molecular complexity index is 296. The van der Waals surface area contributed by atoms with E-state index in [9.17, 15) is 9.50 Å². The summed E-state index contributed by atoms with van der Waals surface area (Å²) in [4.78, 5) is 3.78. The molecule has 0 unspecified atom stereocenters.